The van der Waals surface area contributed by atoms with Crippen molar-refractivity contribution >= 4 is 45.0 Å². The van der Waals surface area contributed by atoms with Gasteiger partial charge in [-0.15, -0.1) is 0 Å². The Hall–Kier alpha value is -8.46. The van der Waals surface area contributed by atoms with Crippen molar-refractivity contribution in [1.82, 2.24) is 14.5 Å². The van der Waals surface area contributed by atoms with Crippen LogP contribution in [0.15, 0.2) is 170 Å². The summed E-state index contributed by atoms with van der Waals surface area (Å²) in [4.78, 5) is 43.4. The molecule has 58 heavy (non-hydrogen) atoms. The van der Waals surface area contributed by atoms with Crippen LogP contribution >= 0.6 is 0 Å². The lowest BCUT2D eigenvalue weighted by atomic mass is 9.92. The van der Waals surface area contributed by atoms with E-state index in [2.05, 4.69) is 20.9 Å². The number of amides is 2. The van der Waals surface area contributed by atoms with Crippen molar-refractivity contribution in [3.05, 3.63) is 198 Å². The SMILES string of the molecule is [C-]#[N+]c1cncc(-c2ccc3c4ccc(-c5cncc(C#N)c5)cc4n(-c4cccc5c4C(=O)N(c4cccc(-c6ccccc6)c4-c4ccccc4)C5=O)c3c2)c1. The van der Waals surface area contributed by atoms with Gasteiger partial charge in [0.15, 0.2) is 0 Å². The van der Waals surface area contributed by atoms with Gasteiger partial charge in [0.25, 0.3) is 11.8 Å². The minimum absolute atomic E-state index is 0.288. The normalized spacial score (nSPS) is 12.1. The predicted molar refractivity (Wildman–Crippen MR) is 227 cm³/mol. The fraction of sp³-hybridized carbons (Fsp3) is 0. The Morgan fingerprint density at radius 2 is 1.12 bits per heavy atom. The molecule has 10 rings (SSSR count). The zero-order valence-electron chi connectivity index (χ0n) is 30.7. The number of fused-ring (bicyclic) bond motifs is 4. The quantitative estimate of drug-likeness (QED) is 0.125. The summed E-state index contributed by atoms with van der Waals surface area (Å²) in [7, 11) is 0. The molecule has 0 spiro atoms. The van der Waals surface area contributed by atoms with Gasteiger partial charge in [-0.1, -0.05) is 103 Å². The molecule has 0 saturated carbocycles. The molecule has 0 N–H and O–H groups in total. The second kappa shape index (κ2) is 13.7. The zero-order valence-corrected chi connectivity index (χ0v) is 30.7. The molecule has 270 valence electrons. The van der Waals surface area contributed by atoms with Crippen LogP contribution in [-0.2, 0) is 0 Å². The summed E-state index contributed by atoms with van der Waals surface area (Å²) in [6.45, 7) is 7.57. The highest BCUT2D eigenvalue weighted by molar-refractivity contribution is 6.37. The Kier molecular flexibility index (Phi) is 8.04. The molecule has 8 heteroatoms. The molecule has 0 unspecified atom stereocenters. The highest BCUT2D eigenvalue weighted by Gasteiger charge is 2.41. The molecule has 0 atom stereocenters. The molecular weight excluding hydrogens is 717 g/mol. The minimum atomic E-state index is -0.430. The summed E-state index contributed by atoms with van der Waals surface area (Å²) in [6, 6.07) is 48.9. The maximum Gasteiger partial charge on any atom is 0.268 e. The molecule has 0 fully saturated rings. The molecule has 6 aromatic carbocycles. The standard InChI is InChI=1S/C50H28N6O2/c1-52-38-23-37(29-54-30-38)35-19-21-41-40-20-18-34(36-22-31(26-51)27-53-28-36)24-45(40)55(46(41)25-35)44-17-9-15-42-48(44)50(58)56(49(42)57)43-16-8-14-39(32-10-4-2-5-11-32)47(43)33-12-6-3-7-13-33/h2-25,27-30H. The van der Waals surface area contributed by atoms with Crippen LogP contribution < -0.4 is 4.90 Å². The zero-order chi connectivity index (χ0) is 39.3. The number of carbonyl (C=O) groups is 2. The van der Waals surface area contributed by atoms with Gasteiger partial charge in [0.2, 0.25) is 5.69 Å². The lowest BCUT2D eigenvalue weighted by molar-refractivity contribution is 0.0926. The fourth-order valence-electron chi connectivity index (χ4n) is 8.11. The number of aromatic nitrogens is 3. The number of nitrogens with zero attached hydrogens (tertiary/aromatic N) is 6. The highest BCUT2D eigenvalue weighted by Crippen LogP contribution is 2.44. The van der Waals surface area contributed by atoms with Crippen molar-refractivity contribution in [3.8, 4) is 56.3 Å². The van der Waals surface area contributed by atoms with Crippen molar-refractivity contribution < 1.29 is 9.59 Å². The molecule has 0 aliphatic carbocycles. The number of benzene rings is 6. The maximum absolute atomic E-state index is 15.2. The maximum atomic E-state index is 15.2. The summed E-state index contributed by atoms with van der Waals surface area (Å²) >= 11 is 0. The third-order valence-corrected chi connectivity index (χ3v) is 10.7. The van der Waals surface area contributed by atoms with E-state index in [4.69, 9.17) is 6.57 Å². The summed E-state index contributed by atoms with van der Waals surface area (Å²) < 4.78 is 2.04. The largest absolute Gasteiger partial charge is 0.308 e. The number of hydrogen-bond donors (Lipinski definition) is 0. The monoisotopic (exact) mass is 744 g/mol. The first-order valence-corrected chi connectivity index (χ1v) is 18.5. The van der Waals surface area contributed by atoms with Crippen molar-refractivity contribution in [3.63, 3.8) is 0 Å². The smallest absolute Gasteiger partial charge is 0.268 e. The number of carbonyl (C=O) groups excluding carboxylic acids is 2. The van der Waals surface area contributed by atoms with Gasteiger partial charge in [-0.3, -0.25) is 19.6 Å². The van der Waals surface area contributed by atoms with Gasteiger partial charge < -0.3 is 4.57 Å². The van der Waals surface area contributed by atoms with E-state index in [0.29, 0.717) is 28.2 Å². The van der Waals surface area contributed by atoms with Gasteiger partial charge in [0.05, 0.1) is 45.7 Å². The van der Waals surface area contributed by atoms with Crippen LogP contribution in [0.1, 0.15) is 26.3 Å². The Bertz CT molecular complexity index is 3130. The molecule has 0 saturated heterocycles. The number of anilines is 1. The molecule has 0 radical (unpaired) electrons. The van der Waals surface area contributed by atoms with Crippen molar-refractivity contribution in [1.29, 1.82) is 5.26 Å². The summed E-state index contributed by atoms with van der Waals surface area (Å²) in [5, 5.41) is 11.5. The molecule has 3 aromatic heterocycles. The van der Waals surface area contributed by atoms with E-state index in [1.807, 2.05) is 132 Å². The van der Waals surface area contributed by atoms with Gasteiger partial charge in [-0.2, -0.15) is 5.26 Å². The van der Waals surface area contributed by atoms with Crippen LogP contribution in [0.4, 0.5) is 11.4 Å². The van der Waals surface area contributed by atoms with E-state index in [1.165, 1.54) is 17.3 Å². The average molecular weight is 745 g/mol. The lowest BCUT2D eigenvalue weighted by Crippen LogP contribution is -2.30. The van der Waals surface area contributed by atoms with Gasteiger partial charge >= 0.3 is 0 Å². The number of nitriles is 1. The summed E-state index contributed by atoms with van der Waals surface area (Å²) in [5.41, 5.74) is 10.8. The molecule has 2 amide bonds. The average Bonchev–Trinajstić information content (AvgIpc) is 3.75. The van der Waals surface area contributed by atoms with E-state index in [-0.39, 0.29) is 5.56 Å². The summed E-state index contributed by atoms with van der Waals surface area (Å²) in [5.74, 6) is -0.840. The third-order valence-electron chi connectivity index (χ3n) is 10.7. The Labute approximate surface area is 333 Å². The molecule has 0 bridgehead atoms. The van der Waals surface area contributed by atoms with Crippen molar-refractivity contribution in [2.24, 2.45) is 0 Å². The third kappa shape index (κ3) is 5.44. The molecular formula is C50H28N6O2. The van der Waals surface area contributed by atoms with Gasteiger partial charge in [-0.05, 0) is 75.8 Å². The molecule has 4 heterocycles. The first-order valence-electron chi connectivity index (χ1n) is 18.5. The second-order valence-corrected chi connectivity index (χ2v) is 14.0. The van der Waals surface area contributed by atoms with E-state index in [9.17, 15) is 10.1 Å². The Morgan fingerprint density at radius 3 is 1.78 bits per heavy atom. The van der Waals surface area contributed by atoms with Gasteiger partial charge in [-0.25, -0.2) is 9.74 Å². The molecule has 8 nitrogen and oxygen atoms in total. The topological polar surface area (TPSA) is 96.2 Å². The number of rotatable bonds is 6. The van der Waals surface area contributed by atoms with Crippen LogP contribution in [-0.4, -0.2) is 26.3 Å². The van der Waals surface area contributed by atoms with Crippen LogP contribution in [0, 0.1) is 17.9 Å². The lowest BCUT2D eigenvalue weighted by Gasteiger charge is -2.22. The van der Waals surface area contributed by atoms with E-state index in [1.54, 1.807) is 30.6 Å². The number of hydrogen-bond acceptors (Lipinski definition) is 5. The van der Waals surface area contributed by atoms with Gasteiger partial charge in [0.1, 0.15) is 6.07 Å². The van der Waals surface area contributed by atoms with E-state index < -0.39 is 11.8 Å². The molecule has 1 aliphatic heterocycles. The first-order chi connectivity index (χ1) is 28.5. The predicted octanol–water partition coefficient (Wildman–Crippen LogP) is 11.5. The van der Waals surface area contributed by atoms with Crippen LogP contribution in [0.2, 0.25) is 0 Å². The Morgan fingerprint density at radius 1 is 0.517 bits per heavy atom. The fourth-order valence-corrected chi connectivity index (χ4v) is 8.11. The van der Waals surface area contributed by atoms with Crippen LogP contribution in [0.3, 0.4) is 0 Å². The highest BCUT2D eigenvalue weighted by atomic mass is 16.2. The van der Waals surface area contributed by atoms with Crippen LogP contribution in [0.25, 0.3) is 76.8 Å². The minimum Gasteiger partial charge on any atom is -0.308 e. The summed E-state index contributed by atoms with van der Waals surface area (Å²) in [6.07, 6.45) is 6.51. The first kappa shape index (κ1) is 34.1. The molecule has 9 aromatic rings. The van der Waals surface area contributed by atoms with Gasteiger partial charge in [0, 0.05) is 46.7 Å². The van der Waals surface area contributed by atoms with E-state index in [0.717, 1.165) is 66.3 Å². The van der Waals surface area contributed by atoms with Crippen molar-refractivity contribution in [2.75, 3.05) is 4.90 Å². The van der Waals surface area contributed by atoms with E-state index >= 15 is 4.79 Å². The van der Waals surface area contributed by atoms with Crippen molar-refractivity contribution in [2.45, 2.75) is 0 Å². The number of pyridine rings is 2. The Balaban J connectivity index is 1.22. The molecule has 1 aliphatic rings. The van der Waals surface area contributed by atoms with Crippen LogP contribution in [0.5, 0.6) is 0 Å². The second-order valence-electron chi connectivity index (χ2n) is 14.0. The number of imide groups is 1.